The molecule has 3 nitrogen and oxygen atoms in total. The number of nitrogens with zero attached hydrogens (tertiary/aromatic N) is 2. The third-order valence-corrected chi connectivity index (χ3v) is 2.26. The number of rotatable bonds is 2. The summed E-state index contributed by atoms with van der Waals surface area (Å²) in [6.45, 7) is 6.95. The van der Waals surface area contributed by atoms with E-state index >= 15 is 0 Å². The fraction of sp³-hybridized carbons (Fsp3) is 0.778. The number of alkyl halides is 1. The first-order chi connectivity index (χ1) is 5.63. The Morgan fingerprint density at radius 3 is 2.00 bits per heavy atom. The van der Waals surface area contributed by atoms with E-state index in [2.05, 4.69) is 22.0 Å². The molecule has 0 rings (SSSR count). The zero-order valence-electron chi connectivity index (χ0n) is 8.68. The molecular formula is C9H15BrN2O. The van der Waals surface area contributed by atoms with Crippen LogP contribution in [0, 0.1) is 11.3 Å². The zero-order chi connectivity index (χ0) is 10.9. The van der Waals surface area contributed by atoms with Gasteiger partial charge in [0, 0.05) is 7.05 Å². The number of halogens is 1. The van der Waals surface area contributed by atoms with Crippen molar-refractivity contribution in [2.24, 2.45) is 0 Å². The molecule has 0 radical (unpaired) electrons. The van der Waals surface area contributed by atoms with Crippen molar-refractivity contribution in [3.8, 4) is 6.07 Å². The van der Waals surface area contributed by atoms with Gasteiger partial charge in [-0.25, -0.2) is 0 Å². The minimum Gasteiger partial charge on any atom is -0.326 e. The first kappa shape index (κ1) is 12.4. The molecule has 0 atom stereocenters. The van der Waals surface area contributed by atoms with Gasteiger partial charge in [-0.1, -0.05) is 15.9 Å². The van der Waals surface area contributed by atoms with E-state index < -0.39 is 9.86 Å². The highest BCUT2D eigenvalue weighted by Crippen LogP contribution is 2.22. The van der Waals surface area contributed by atoms with Gasteiger partial charge in [0.25, 0.3) is 0 Å². The van der Waals surface area contributed by atoms with Crippen molar-refractivity contribution in [2.75, 3.05) is 7.05 Å². The van der Waals surface area contributed by atoms with Crippen molar-refractivity contribution in [1.82, 2.24) is 4.90 Å². The maximum atomic E-state index is 11.7. The van der Waals surface area contributed by atoms with Crippen LogP contribution in [0.1, 0.15) is 27.7 Å². The molecule has 0 saturated carbocycles. The highest BCUT2D eigenvalue weighted by atomic mass is 79.9. The Bertz CT molecular complexity index is 247. The Hall–Kier alpha value is -0.560. The molecule has 0 aliphatic carbocycles. The van der Waals surface area contributed by atoms with E-state index in [1.165, 1.54) is 4.90 Å². The molecular weight excluding hydrogens is 232 g/mol. The van der Waals surface area contributed by atoms with Gasteiger partial charge >= 0.3 is 0 Å². The second-order valence-corrected chi connectivity index (χ2v) is 5.99. The number of amides is 1. The normalized spacial score (nSPS) is 12.1. The third-order valence-electron chi connectivity index (χ3n) is 1.93. The molecule has 0 aromatic heterocycles. The molecule has 0 fully saturated rings. The minimum atomic E-state index is -0.762. The van der Waals surface area contributed by atoms with Gasteiger partial charge < -0.3 is 4.90 Å². The number of nitriles is 1. The van der Waals surface area contributed by atoms with E-state index in [1.807, 2.05) is 0 Å². The molecule has 0 aliphatic heterocycles. The zero-order valence-corrected chi connectivity index (χ0v) is 10.3. The lowest BCUT2D eigenvalue weighted by Crippen LogP contribution is -2.49. The van der Waals surface area contributed by atoms with Crippen molar-refractivity contribution in [3.63, 3.8) is 0 Å². The average molecular weight is 247 g/mol. The van der Waals surface area contributed by atoms with Crippen molar-refractivity contribution in [2.45, 2.75) is 37.6 Å². The summed E-state index contributed by atoms with van der Waals surface area (Å²) in [5, 5.41) is 8.82. The Kier molecular flexibility index (Phi) is 3.51. The second kappa shape index (κ2) is 3.67. The Balaban J connectivity index is 4.75. The lowest BCUT2D eigenvalue weighted by atomic mass is 10.0. The third kappa shape index (κ3) is 3.00. The molecule has 0 aromatic carbocycles. The van der Waals surface area contributed by atoms with E-state index in [4.69, 9.17) is 5.26 Å². The summed E-state index contributed by atoms with van der Waals surface area (Å²) in [7, 11) is 1.63. The maximum absolute atomic E-state index is 11.7. The smallest absolute Gasteiger partial charge is 0.239 e. The summed E-state index contributed by atoms with van der Waals surface area (Å²) in [4.78, 5) is 13.1. The van der Waals surface area contributed by atoms with Crippen LogP contribution in [0.25, 0.3) is 0 Å². The molecule has 0 spiro atoms. The van der Waals surface area contributed by atoms with Crippen LogP contribution in [0.2, 0.25) is 0 Å². The SMILES string of the molecule is CN(C(=O)C(C)(C)Br)C(C)(C)C#N. The highest BCUT2D eigenvalue weighted by Gasteiger charge is 2.35. The Labute approximate surface area is 87.8 Å². The van der Waals surface area contributed by atoms with Gasteiger partial charge in [-0.15, -0.1) is 0 Å². The lowest BCUT2D eigenvalue weighted by Gasteiger charge is -2.33. The summed E-state index contributed by atoms with van der Waals surface area (Å²) >= 11 is 3.27. The molecule has 0 unspecified atom stereocenters. The molecule has 0 N–H and O–H groups in total. The fourth-order valence-corrected chi connectivity index (χ4v) is 0.994. The van der Waals surface area contributed by atoms with Crippen molar-refractivity contribution in [3.05, 3.63) is 0 Å². The number of carbonyl (C=O) groups is 1. The predicted molar refractivity (Wildman–Crippen MR) is 55.5 cm³/mol. The van der Waals surface area contributed by atoms with Gasteiger partial charge in [0.15, 0.2) is 0 Å². The monoisotopic (exact) mass is 246 g/mol. The van der Waals surface area contributed by atoms with Gasteiger partial charge in [-0.05, 0) is 27.7 Å². The van der Waals surface area contributed by atoms with Crippen LogP contribution in [0.5, 0.6) is 0 Å². The van der Waals surface area contributed by atoms with Crippen molar-refractivity contribution < 1.29 is 4.79 Å². The van der Waals surface area contributed by atoms with Crippen LogP contribution >= 0.6 is 15.9 Å². The highest BCUT2D eigenvalue weighted by molar-refractivity contribution is 9.10. The summed E-state index contributed by atoms with van der Waals surface area (Å²) in [5.41, 5.74) is -0.762. The first-order valence-electron chi connectivity index (χ1n) is 4.01. The minimum absolute atomic E-state index is 0.0981. The van der Waals surface area contributed by atoms with Gasteiger partial charge in [0.05, 0.1) is 10.4 Å². The van der Waals surface area contributed by atoms with E-state index in [9.17, 15) is 4.79 Å². The van der Waals surface area contributed by atoms with E-state index in [0.717, 1.165) is 0 Å². The van der Waals surface area contributed by atoms with E-state index in [1.54, 1.807) is 34.7 Å². The summed E-state index contributed by atoms with van der Waals surface area (Å²) in [5.74, 6) is -0.0981. The summed E-state index contributed by atoms with van der Waals surface area (Å²) < 4.78 is -0.615. The Morgan fingerprint density at radius 1 is 1.38 bits per heavy atom. The summed E-state index contributed by atoms with van der Waals surface area (Å²) in [6, 6.07) is 2.08. The van der Waals surface area contributed by atoms with E-state index in [0.29, 0.717) is 0 Å². The van der Waals surface area contributed by atoms with Crippen LogP contribution in [-0.2, 0) is 4.79 Å². The van der Waals surface area contributed by atoms with Crippen LogP contribution < -0.4 is 0 Å². The molecule has 0 heterocycles. The second-order valence-electron chi connectivity index (χ2n) is 4.01. The molecule has 1 amide bonds. The van der Waals surface area contributed by atoms with Crippen LogP contribution in [0.3, 0.4) is 0 Å². The van der Waals surface area contributed by atoms with Gasteiger partial charge in [0.2, 0.25) is 5.91 Å². The predicted octanol–water partition coefficient (Wildman–Crippen LogP) is 1.92. The molecule has 4 heteroatoms. The van der Waals surface area contributed by atoms with Crippen molar-refractivity contribution >= 4 is 21.8 Å². The van der Waals surface area contributed by atoms with Crippen LogP contribution in [-0.4, -0.2) is 27.7 Å². The molecule has 13 heavy (non-hydrogen) atoms. The number of hydrogen-bond donors (Lipinski definition) is 0. The summed E-state index contributed by atoms with van der Waals surface area (Å²) in [6.07, 6.45) is 0. The standard InChI is InChI=1S/C9H15BrN2O/c1-8(2,6-11)12(5)7(13)9(3,4)10/h1-5H3. The first-order valence-corrected chi connectivity index (χ1v) is 4.80. The quantitative estimate of drug-likeness (QED) is 0.700. The van der Waals surface area contributed by atoms with Gasteiger partial charge in [-0.3, -0.25) is 4.79 Å². The molecule has 0 aliphatic rings. The Morgan fingerprint density at radius 2 is 1.77 bits per heavy atom. The van der Waals surface area contributed by atoms with Gasteiger partial charge in [-0.2, -0.15) is 5.26 Å². The van der Waals surface area contributed by atoms with Crippen molar-refractivity contribution in [1.29, 1.82) is 5.26 Å². The average Bonchev–Trinajstić information content (AvgIpc) is 2.00. The molecule has 74 valence electrons. The number of hydrogen-bond acceptors (Lipinski definition) is 2. The van der Waals surface area contributed by atoms with Crippen LogP contribution in [0.4, 0.5) is 0 Å². The molecule has 0 aromatic rings. The fourth-order valence-electron chi connectivity index (χ4n) is 0.728. The number of carbonyl (C=O) groups excluding carboxylic acids is 1. The topological polar surface area (TPSA) is 44.1 Å². The van der Waals surface area contributed by atoms with Crippen LogP contribution in [0.15, 0.2) is 0 Å². The largest absolute Gasteiger partial charge is 0.326 e. The maximum Gasteiger partial charge on any atom is 0.239 e. The van der Waals surface area contributed by atoms with E-state index in [-0.39, 0.29) is 5.91 Å². The molecule has 0 bridgehead atoms. The molecule has 0 saturated heterocycles. The van der Waals surface area contributed by atoms with Gasteiger partial charge in [0.1, 0.15) is 5.54 Å². The lowest BCUT2D eigenvalue weighted by molar-refractivity contribution is -0.134.